The van der Waals surface area contributed by atoms with Crippen molar-refractivity contribution in [3.05, 3.63) is 48.4 Å². The number of nitrogens with one attached hydrogen (secondary N) is 1. The van der Waals surface area contributed by atoms with Crippen LogP contribution < -0.4 is 10.1 Å². The molecular weight excluding hydrogens is 296 g/mol. The Labute approximate surface area is 134 Å². The van der Waals surface area contributed by atoms with Crippen LogP contribution >= 0.6 is 0 Å². The molecule has 0 atom stereocenters. The van der Waals surface area contributed by atoms with Gasteiger partial charge in [0.2, 0.25) is 0 Å². The van der Waals surface area contributed by atoms with Gasteiger partial charge in [-0.15, -0.1) is 0 Å². The Balaban J connectivity index is 1.50. The molecule has 1 N–H and O–H groups in total. The van der Waals surface area contributed by atoms with Crippen molar-refractivity contribution in [1.29, 1.82) is 0 Å². The van der Waals surface area contributed by atoms with Gasteiger partial charge < -0.3 is 19.4 Å². The molecule has 2 aromatic rings. The van der Waals surface area contributed by atoms with E-state index in [1.54, 1.807) is 36.4 Å². The van der Waals surface area contributed by atoms with E-state index in [-0.39, 0.29) is 24.2 Å². The lowest BCUT2D eigenvalue weighted by atomic mass is 10.3. The van der Waals surface area contributed by atoms with Crippen LogP contribution in [0.1, 0.15) is 23.4 Å². The average Bonchev–Trinajstić information content (AvgIpc) is 3.27. The maximum atomic E-state index is 11.9. The zero-order valence-electron chi connectivity index (χ0n) is 12.7. The van der Waals surface area contributed by atoms with Gasteiger partial charge in [0.05, 0.1) is 6.26 Å². The molecule has 0 saturated carbocycles. The van der Waals surface area contributed by atoms with E-state index in [9.17, 15) is 9.59 Å². The first-order valence-corrected chi connectivity index (χ1v) is 7.58. The van der Waals surface area contributed by atoms with Crippen LogP contribution in [0.5, 0.6) is 5.75 Å². The first-order valence-electron chi connectivity index (χ1n) is 7.58. The highest BCUT2D eigenvalue weighted by Gasteiger charge is 2.18. The average molecular weight is 314 g/mol. The zero-order valence-corrected chi connectivity index (χ0v) is 12.7. The van der Waals surface area contributed by atoms with Crippen LogP contribution in [0, 0.1) is 0 Å². The van der Waals surface area contributed by atoms with E-state index in [1.165, 1.54) is 6.26 Å². The monoisotopic (exact) mass is 314 g/mol. The van der Waals surface area contributed by atoms with Crippen LogP contribution in [0.4, 0.5) is 5.69 Å². The largest absolute Gasteiger partial charge is 0.484 e. The van der Waals surface area contributed by atoms with Gasteiger partial charge in [-0.3, -0.25) is 9.59 Å². The van der Waals surface area contributed by atoms with E-state index in [1.807, 2.05) is 4.90 Å². The highest BCUT2D eigenvalue weighted by molar-refractivity contribution is 6.02. The molecule has 0 radical (unpaired) electrons. The van der Waals surface area contributed by atoms with E-state index in [0.29, 0.717) is 11.4 Å². The molecular formula is C17H18N2O4. The Kier molecular flexibility index (Phi) is 4.61. The zero-order chi connectivity index (χ0) is 16.1. The lowest BCUT2D eigenvalue weighted by Gasteiger charge is -2.15. The lowest BCUT2D eigenvalue weighted by Crippen LogP contribution is -2.32. The number of nitrogens with zero attached hydrogens (tertiary/aromatic N) is 1. The molecule has 3 rings (SSSR count). The first-order chi connectivity index (χ1) is 11.2. The van der Waals surface area contributed by atoms with E-state index in [2.05, 4.69) is 5.32 Å². The van der Waals surface area contributed by atoms with Crippen molar-refractivity contribution in [3.63, 3.8) is 0 Å². The lowest BCUT2D eigenvalue weighted by molar-refractivity contribution is -0.132. The van der Waals surface area contributed by atoms with Crippen LogP contribution in [0.15, 0.2) is 47.1 Å². The summed E-state index contributed by atoms with van der Waals surface area (Å²) >= 11 is 0. The Morgan fingerprint density at radius 2 is 1.87 bits per heavy atom. The third kappa shape index (κ3) is 3.91. The van der Waals surface area contributed by atoms with E-state index in [4.69, 9.17) is 9.15 Å². The van der Waals surface area contributed by atoms with Gasteiger partial charge in [0.25, 0.3) is 11.8 Å². The molecule has 120 valence electrons. The summed E-state index contributed by atoms with van der Waals surface area (Å²) < 4.78 is 10.5. The molecule has 0 aliphatic carbocycles. The second-order valence-electron chi connectivity index (χ2n) is 5.33. The molecule has 1 fully saturated rings. The standard InChI is InChI=1S/C17H18N2O4/c20-16(19-9-1-2-10-19)12-23-14-7-5-13(6-8-14)18-17(21)15-4-3-11-22-15/h3-8,11H,1-2,9-10,12H2,(H,18,21). The van der Waals surface area contributed by atoms with Gasteiger partial charge >= 0.3 is 0 Å². The minimum atomic E-state index is -0.312. The molecule has 1 aliphatic rings. The third-order valence-electron chi connectivity index (χ3n) is 3.68. The van der Waals surface area contributed by atoms with Crippen molar-refractivity contribution in [1.82, 2.24) is 4.90 Å². The smallest absolute Gasteiger partial charge is 0.291 e. The number of ether oxygens (including phenoxy) is 1. The number of carbonyl (C=O) groups is 2. The molecule has 0 unspecified atom stereocenters. The number of likely N-dealkylation sites (tertiary alicyclic amines) is 1. The first kappa shape index (κ1) is 15.1. The molecule has 2 heterocycles. The summed E-state index contributed by atoms with van der Waals surface area (Å²) in [5.74, 6) is 0.542. The van der Waals surface area contributed by atoms with Gasteiger partial charge in [-0.25, -0.2) is 0 Å². The molecule has 0 bridgehead atoms. The third-order valence-corrected chi connectivity index (χ3v) is 3.68. The van der Waals surface area contributed by atoms with Gasteiger partial charge in [0, 0.05) is 18.8 Å². The minimum Gasteiger partial charge on any atom is -0.484 e. The Morgan fingerprint density at radius 1 is 1.13 bits per heavy atom. The van der Waals surface area contributed by atoms with Crippen LogP contribution in [-0.2, 0) is 4.79 Å². The van der Waals surface area contributed by atoms with Crippen molar-refractivity contribution in [2.24, 2.45) is 0 Å². The summed E-state index contributed by atoms with van der Waals surface area (Å²) in [6.45, 7) is 1.68. The van der Waals surface area contributed by atoms with Crippen LogP contribution in [-0.4, -0.2) is 36.4 Å². The normalized spacial score (nSPS) is 13.8. The van der Waals surface area contributed by atoms with Gasteiger partial charge in [-0.2, -0.15) is 0 Å². The quantitative estimate of drug-likeness (QED) is 0.920. The number of hydrogen-bond acceptors (Lipinski definition) is 4. The Bertz CT molecular complexity index is 658. The number of carbonyl (C=O) groups excluding carboxylic acids is 2. The van der Waals surface area contributed by atoms with Crippen LogP contribution in [0.25, 0.3) is 0 Å². The minimum absolute atomic E-state index is 0.0118. The number of furan rings is 1. The number of hydrogen-bond donors (Lipinski definition) is 1. The maximum Gasteiger partial charge on any atom is 0.291 e. The van der Waals surface area contributed by atoms with E-state index < -0.39 is 0 Å². The molecule has 1 aliphatic heterocycles. The predicted molar refractivity (Wildman–Crippen MR) is 84.4 cm³/mol. The van der Waals surface area contributed by atoms with Gasteiger partial charge in [-0.1, -0.05) is 0 Å². The molecule has 23 heavy (non-hydrogen) atoms. The number of benzene rings is 1. The summed E-state index contributed by atoms with van der Waals surface area (Å²) in [6.07, 6.45) is 3.58. The molecule has 6 nitrogen and oxygen atoms in total. The second kappa shape index (κ2) is 7.00. The molecule has 2 amide bonds. The van der Waals surface area contributed by atoms with Crippen molar-refractivity contribution in [3.8, 4) is 5.75 Å². The number of rotatable bonds is 5. The summed E-state index contributed by atoms with van der Waals surface area (Å²) in [5.41, 5.74) is 0.629. The summed E-state index contributed by atoms with van der Waals surface area (Å²) in [6, 6.07) is 10.1. The van der Waals surface area contributed by atoms with Crippen LogP contribution in [0.2, 0.25) is 0 Å². The van der Waals surface area contributed by atoms with Crippen molar-refractivity contribution >= 4 is 17.5 Å². The van der Waals surface area contributed by atoms with Crippen molar-refractivity contribution < 1.29 is 18.7 Å². The van der Waals surface area contributed by atoms with E-state index >= 15 is 0 Å². The van der Waals surface area contributed by atoms with Crippen molar-refractivity contribution in [2.75, 3.05) is 25.0 Å². The van der Waals surface area contributed by atoms with Gasteiger partial charge in [-0.05, 0) is 49.2 Å². The van der Waals surface area contributed by atoms with Gasteiger partial charge in [0.1, 0.15) is 5.75 Å². The highest BCUT2D eigenvalue weighted by Crippen LogP contribution is 2.17. The number of anilines is 1. The molecule has 1 aromatic heterocycles. The summed E-state index contributed by atoms with van der Waals surface area (Å²) in [4.78, 5) is 25.5. The topological polar surface area (TPSA) is 71.8 Å². The van der Waals surface area contributed by atoms with Crippen LogP contribution in [0.3, 0.4) is 0 Å². The molecule has 1 saturated heterocycles. The molecule has 0 spiro atoms. The van der Waals surface area contributed by atoms with Gasteiger partial charge in [0.15, 0.2) is 12.4 Å². The SMILES string of the molecule is O=C(Nc1ccc(OCC(=O)N2CCCC2)cc1)c1ccco1. The fourth-order valence-corrected chi connectivity index (χ4v) is 2.44. The molecule has 1 aromatic carbocycles. The predicted octanol–water partition coefficient (Wildman–Crippen LogP) is 2.53. The fraction of sp³-hybridized carbons (Fsp3) is 0.294. The second-order valence-corrected chi connectivity index (χ2v) is 5.33. The summed E-state index contributed by atoms with van der Waals surface area (Å²) in [7, 11) is 0. The molecule has 6 heteroatoms. The Hall–Kier alpha value is -2.76. The highest BCUT2D eigenvalue weighted by atomic mass is 16.5. The number of amides is 2. The van der Waals surface area contributed by atoms with E-state index in [0.717, 1.165) is 25.9 Å². The Morgan fingerprint density at radius 3 is 2.52 bits per heavy atom. The fourth-order valence-electron chi connectivity index (χ4n) is 2.44. The summed E-state index contributed by atoms with van der Waals surface area (Å²) in [5, 5.41) is 2.72. The maximum absolute atomic E-state index is 11.9. The van der Waals surface area contributed by atoms with Crippen molar-refractivity contribution in [2.45, 2.75) is 12.8 Å².